The molecule has 0 aromatic carbocycles. The summed E-state index contributed by atoms with van der Waals surface area (Å²) in [6, 6.07) is 0.983. The monoisotopic (exact) mass is 284 g/mol. The molecule has 0 bridgehead atoms. The van der Waals surface area contributed by atoms with Crippen LogP contribution in [0.25, 0.3) is 0 Å². The lowest BCUT2D eigenvalue weighted by Gasteiger charge is -2.18. The number of carbonyl (C=O) groups excluding carboxylic acids is 1. The Morgan fingerprint density at radius 2 is 1.79 bits per heavy atom. The Morgan fingerprint density at radius 1 is 1.05 bits per heavy atom. The molecule has 2 saturated carbocycles. The van der Waals surface area contributed by atoms with Crippen molar-refractivity contribution in [2.24, 2.45) is 0 Å². The van der Waals surface area contributed by atoms with E-state index >= 15 is 0 Å². The second kappa shape index (κ2) is 8.15. The van der Waals surface area contributed by atoms with Crippen LogP contribution in [-0.4, -0.2) is 36.0 Å². The Kier molecular flexibility index (Phi) is 6.51. The standard InChI is InChI=1S/C15H28N2OS/c1-19-14-9-8-13(10-14)16-11-15(18)17-12-6-4-2-3-5-7-12/h12-14,16H,2-11H2,1H3,(H,17,18). The lowest BCUT2D eigenvalue weighted by molar-refractivity contribution is -0.121. The quantitative estimate of drug-likeness (QED) is 0.763. The topological polar surface area (TPSA) is 41.1 Å². The van der Waals surface area contributed by atoms with Gasteiger partial charge in [-0.15, -0.1) is 0 Å². The van der Waals surface area contributed by atoms with Gasteiger partial charge in [0, 0.05) is 17.3 Å². The number of hydrogen-bond acceptors (Lipinski definition) is 3. The van der Waals surface area contributed by atoms with Crippen molar-refractivity contribution in [2.45, 2.75) is 75.1 Å². The molecular formula is C15H28N2OS. The molecule has 2 aliphatic carbocycles. The summed E-state index contributed by atoms with van der Waals surface area (Å²) in [4.78, 5) is 12.0. The van der Waals surface area contributed by atoms with Crippen LogP contribution in [0.5, 0.6) is 0 Å². The third-order valence-corrected chi connectivity index (χ3v) is 5.58. The van der Waals surface area contributed by atoms with Crippen molar-refractivity contribution >= 4 is 17.7 Å². The molecule has 0 radical (unpaired) electrons. The van der Waals surface area contributed by atoms with E-state index in [4.69, 9.17) is 0 Å². The van der Waals surface area contributed by atoms with Crippen molar-refractivity contribution in [2.75, 3.05) is 12.8 Å². The van der Waals surface area contributed by atoms with Crippen LogP contribution in [0.4, 0.5) is 0 Å². The molecule has 2 atom stereocenters. The molecule has 19 heavy (non-hydrogen) atoms. The molecule has 2 aliphatic rings. The molecule has 4 heteroatoms. The predicted molar refractivity (Wildman–Crippen MR) is 82.6 cm³/mol. The molecule has 2 unspecified atom stereocenters. The van der Waals surface area contributed by atoms with E-state index in [2.05, 4.69) is 16.9 Å². The molecule has 0 saturated heterocycles. The maximum absolute atomic E-state index is 12.0. The Morgan fingerprint density at radius 3 is 2.42 bits per heavy atom. The first-order valence-corrected chi connectivity index (χ1v) is 9.12. The molecule has 3 nitrogen and oxygen atoms in total. The van der Waals surface area contributed by atoms with E-state index in [1.807, 2.05) is 11.8 Å². The molecule has 2 N–H and O–H groups in total. The summed E-state index contributed by atoms with van der Waals surface area (Å²) in [6.07, 6.45) is 13.5. The first-order valence-electron chi connectivity index (χ1n) is 7.83. The zero-order valence-corrected chi connectivity index (χ0v) is 12.9. The highest BCUT2D eigenvalue weighted by Crippen LogP contribution is 2.27. The zero-order valence-electron chi connectivity index (χ0n) is 12.1. The molecule has 0 aromatic rings. The summed E-state index contributed by atoms with van der Waals surface area (Å²) in [5.74, 6) is 0.194. The van der Waals surface area contributed by atoms with Crippen LogP contribution in [0, 0.1) is 0 Å². The van der Waals surface area contributed by atoms with Gasteiger partial charge in [0.05, 0.1) is 6.54 Å². The predicted octanol–water partition coefficient (Wildman–Crippen LogP) is 2.70. The van der Waals surface area contributed by atoms with Gasteiger partial charge in [-0.05, 0) is 38.4 Å². The minimum atomic E-state index is 0.194. The number of thioether (sulfide) groups is 1. The van der Waals surface area contributed by atoms with Crippen molar-refractivity contribution in [3.8, 4) is 0 Å². The maximum atomic E-state index is 12.0. The summed E-state index contributed by atoms with van der Waals surface area (Å²) < 4.78 is 0. The summed E-state index contributed by atoms with van der Waals surface area (Å²) in [5.41, 5.74) is 0. The third kappa shape index (κ3) is 5.35. The van der Waals surface area contributed by atoms with Crippen LogP contribution in [0.1, 0.15) is 57.8 Å². The zero-order chi connectivity index (χ0) is 13.5. The Balaban J connectivity index is 1.61. The average Bonchev–Trinajstić information content (AvgIpc) is 2.73. The van der Waals surface area contributed by atoms with Crippen molar-refractivity contribution < 1.29 is 4.79 Å². The molecule has 2 fully saturated rings. The van der Waals surface area contributed by atoms with Crippen molar-refractivity contribution in [1.29, 1.82) is 0 Å². The van der Waals surface area contributed by atoms with Crippen LogP contribution in [0.15, 0.2) is 0 Å². The molecule has 0 heterocycles. The van der Waals surface area contributed by atoms with Gasteiger partial charge in [-0.3, -0.25) is 4.79 Å². The highest BCUT2D eigenvalue weighted by Gasteiger charge is 2.24. The first-order chi connectivity index (χ1) is 9.28. The van der Waals surface area contributed by atoms with E-state index < -0.39 is 0 Å². The van der Waals surface area contributed by atoms with Crippen LogP contribution in [0.3, 0.4) is 0 Å². The SMILES string of the molecule is CSC1CCC(NCC(=O)NC2CCCCCC2)C1. The lowest BCUT2D eigenvalue weighted by atomic mass is 10.1. The minimum absolute atomic E-state index is 0.194. The summed E-state index contributed by atoms with van der Waals surface area (Å²) in [6.45, 7) is 0.502. The molecule has 0 aliphatic heterocycles. The summed E-state index contributed by atoms with van der Waals surface area (Å²) in [5, 5.41) is 7.42. The smallest absolute Gasteiger partial charge is 0.234 e. The third-order valence-electron chi connectivity index (χ3n) is 4.49. The van der Waals surface area contributed by atoms with Crippen LogP contribution in [0.2, 0.25) is 0 Å². The fraction of sp³-hybridized carbons (Fsp3) is 0.933. The van der Waals surface area contributed by atoms with Gasteiger partial charge < -0.3 is 10.6 Å². The van der Waals surface area contributed by atoms with Gasteiger partial charge >= 0.3 is 0 Å². The summed E-state index contributed by atoms with van der Waals surface area (Å²) >= 11 is 1.96. The Bertz CT molecular complexity index is 277. The van der Waals surface area contributed by atoms with Crippen LogP contribution < -0.4 is 10.6 Å². The van der Waals surface area contributed by atoms with Gasteiger partial charge in [0.15, 0.2) is 0 Å². The fourth-order valence-corrected chi connectivity index (χ4v) is 4.08. The van der Waals surface area contributed by atoms with Gasteiger partial charge in [0.25, 0.3) is 0 Å². The maximum Gasteiger partial charge on any atom is 0.234 e. The largest absolute Gasteiger partial charge is 0.352 e. The van der Waals surface area contributed by atoms with E-state index in [0.29, 0.717) is 18.6 Å². The van der Waals surface area contributed by atoms with Gasteiger partial charge in [-0.1, -0.05) is 25.7 Å². The second-order valence-electron chi connectivity index (χ2n) is 6.00. The van der Waals surface area contributed by atoms with E-state index in [1.165, 1.54) is 57.8 Å². The number of hydrogen-bond donors (Lipinski definition) is 2. The fourth-order valence-electron chi connectivity index (χ4n) is 3.28. The highest BCUT2D eigenvalue weighted by molar-refractivity contribution is 7.99. The van der Waals surface area contributed by atoms with E-state index in [0.717, 1.165) is 5.25 Å². The Hall–Kier alpha value is -0.220. The molecular weight excluding hydrogens is 256 g/mol. The van der Waals surface area contributed by atoms with Gasteiger partial charge in [0.1, 0.15) is 0 Å². The lowest BCUT2D eigenvalue weighted by Crippen LogP contribution is -2.42. The van der Waals surface area contributed by atoms with Crippen LogP contribution >= 0.6 is 11.8 Å². The average molecular weight is 284 g/mol. The van der Waals surface area contributed by atoms with Crippen molar-refractivity contribution in [1.82, 2.24) is 10.6 Å². The number of carbonyl (C=O) groups is 1. The second-order valence-corrected chi connectivity index (χ2v) is 7.14. The molecule has 1 amide bonds. The van der Waals surface area contributed by atoms with Gasteiger partial charge in [0.2, 0.25) is 5.91 Å². The molecule has 0 aromatic heterocycles. The normalized spacial score (nSPS) is 29.1. The Labute approximate surface area is 121 Å². The molecule has 110 valence electrons. The van der Waals surface area contributed by atoms with E-state index in [-0.39, 0.29) is 5.91 Å². The van der Waals surface area contributed by atoms with E-state index in [1.54, 1.807) is 0 Å². The van der Waals surface area contributed by atoms with Crippen LogP contribution in [-0.2, 0) is 4.79 Å². The molecule has 2 rings (SSSR count). The number of rotatable bonds is 5. The number of amides is 1. The minimum Gasteiger partial charge on any atom is -0.352 e. The summed E-state index contributed by atoms with van der Waals surface area (Å²) in [7, 11) is 0. The van der Waals surface area contributed by atoms with Crippen molar-refractivity contribution in [3.63, 3.8) is 0 Å². The van der Waals surface area contributed by atoms with Gasteiger partial charge in [-0.2, -0.15) is 11.8 Å². The molecule has 0 spiro atoms. The number of nitrogens with one attached hydrogen (secondary N) is 2. The van der Waals surface area contributed by atoms with Gasteiger partial charge in [-0.25, -0.2) is 0 Å². The highest BCUT2D eigenvalue weighted by atomic mass is 32.2. The first kappa shape index (κ1) is 15.2. The van der Waals surface area contributed by atoms with Crippen molar-refractivity contribution in [3.05, 3.63) is 0 Å². The van der Waals surface area contributed by atoms with E-state index in [9.17, 15) is 4.79 Å².